The fourth-order valence-electron chi connectivity index (χ4n) is 5.70. The number of carbonyl (C=O) groups excluding carboxylic acids is 2. The van der Waals surface area contributed by atoms with Crippen molar-refractivity contribution >= 4 is 22.7 Å². The van der Waals surface area contributed by atoms with Crippen molar-refractivity contribution in [2.45, 2.75) is 66.1 Å². The number of amides is 2. The van der Waals surface area contributed by atoms with E-state index in [1.54, 1.807) is 0 Å². The molecule has 7 nitrogen and oxygen atoms in total. The molecule has 2 heterocycles. The van der Waals surface area contributed by atoms with E-state index in [2.05, 4.69) is 71.6 Å². The largest absolute Gasteiger partial charge is 0.493 e. The van der Waals surface area contributed by atoms with Gasteiger partial charge in [0.25, 0.3) is 0 Å². The lowest BCUT2D eigenvalue weighted by atomic mass is 10.0. The van der Waals surface area contributed by atoms with Crippen LogP contribution in [0.15, 0.2) is 60.7 Å². The molecule has 3 aromatic carbocycles. The average molecular weight is 567 g/mol. The first-order valence-corrected chi connectivity index (χ1v) is 15.0. The minimum absolute atomic E-state index is 0.0286. The van der Waals surface area contributed by atoms with Gasteiger partial charge >= 0.3 is 0 Å². The number of nitrogens with zero attached hydrogens (tertiary/aromatic N) is 1. The van der Waals surface area contributed by atoms with Gasteiger partial charge in [-0.1, -0.05) is 54.1 Å². The van der Waals surface area contributed by atoms with E-state index in [0.717, 1.165) is 58.5 Å². The van der Waals surface area contributed by atoms with Crippen LogP contribution < -0.4 is 15.4 Å². The van der Waals surface area contributed by atoms with E-state index in [4.69, 9.17) is 4.74 Å². The van der Waals surface area contributed by atoms with Crippen LogP contribution in [0.25, 0.3) is 10.9 Å². The normalized spacial score (nSPS) is 15.1. The summed E-state index contributed by atoms with van der Waals surface area (Å²) >= 11 is 0. The zero-order valence-corrected chi connectivity index (χ0v) is 25.0. The van der Waals surface area contributed by atoms with E-state index in [9.17, 15) is 9.59 Å². The summed E-state index contributed by atoms with van der Waals surface area (Å²) < 4.78 is 6.22. The highest BCUT2D eigenvalue weighted by Crippen LogP contribution is 2.27. The average Bonchev–Trinajstić information content (AvgIpc) is 3.25. The van der Waals surface area contributed by atoms with Crippen LogP contribution in [0.3, 0.4) is 0 Å². The molecular formula is C35H42N4O3. The summed E-state index contributed by atoms with van der Waals surface area (Å²) in [4.78, 5) is 31.5. The molecule has 3 N–H and O–H groups in total. The molecular weight excluding hydrogens is 524 g/mol. The molecule has 0 atom stereocenters. The molecule has 0 saturated heterocycles. The van der Waals surface area contributed by atoms with Gasteiger partial charge < -0.3 is 20.4 Å². The maximum atomic E-state index is 13.1. The highest BCUT2D eigenvalue weighted by molar-refractivity contribution is 5.88. The van der Waals surface area contributed by atoms with Gasteiger partial charge in [-0.3, -0.25) is 14.5 Å². The standard InChI is InChI=1S/C35H42N4O3/c1-24-16-29(35-31(17-24)25(2)26(3)38-35)20-37-33(40)19-28-12-13-32-30(18-28)22-39(21-27-10-6-4-7-11-27)23-34(41)36-14-8-5-9-15-42-32/h4,6-7,10-13,16-18,38H,5,8-9,14-15,19-23H2,1-3H3,(H,36,41)(H,37,40). The third-order valence-corrected chi connectivity index (χ3v) is 8.02. The molecule has 0 radical (unpaired) electrons. The maximum Gasteiger partial charge on any atom is 0.234 e. The van der Waals surface area contributed by atoms with Gasteiger partial charge in [0, 0.05) is 42.8 Å². The van der Waals surface area contributed by atoms with Gasteiger partial charge in [-0.2, -0.15) is 0 Å². The van der Waals surface area contributed by atoms with E-state index < -0.39 is 0 Å². The number of hydrogen-bond donors (Lipinski definition) is 3. The van der Waals surface area contributed by atoms with Crippen LogP contribution in [-0.2, 0) is 35.6 Å². The summed E-state index contributed by atoms with van der Waals surface area (Å²) in [5.41, 5.74) is 8.81. The van der Waals surface area contributed by atoms with E-state index in [1.165, 1.54) is 16.5 Å². The summed E-state index contributed by atoms with van der Waals surface area (Å²) in [5, 5.41) is 7.41. The Morgan fingerprint density at radius 1 is 0.952 bits per heavy atom. The predicted octanol–water partition coefficient (Wildman–Crippen LogP) is 5.63. The fourth-order valence-corrected chi connectivity index (χ4v) is 5.70. The monoisotopic (exact) mass is 566 g/mol. The topological polar surface area (TPSA) is 86.5 Å². The Kier molecular flexibility index (Phi) is 9.59. The van der Waals surface area contributed by atoms with Crippen LogP contribution in [0.1, 0.15) is 58.3 Å². The van der Waals surface area contributed by atoms with Crippen LogP contribution in [0.5, 0.6) is 5.75 Å². The Bertz CT molecular complexity index is 1540. The Labute approximate surface area is 248 Å². The van der Waals surface area contributed by atoms with E-state index in [-0.39, 0.29) is 18.2 Å². The molecule has 0 bridgehead atoms. The SMILES string of the molecule is Cc1cc(CNC(=O)Cc2ccc3c(c2)CN(Cc2ccccc2)CC(=O)NCCCCCO3)c2[nH]c(C)c(C)c2c1. The molecule has 2 amide bonds. The second-order valence-electron chi connectivity index (χ2n) is 11.5. The third-order valence-electron chi connectivity index (χ3n) is 8.02. The van der Waals surface area contributed by atoms with Crippen molar-refractivity contribution in [3.63, 3.8) is 0 Å². The molecule has 1 aliphatic rings. The molecule has 42 heavy (non-hydrogen) atoms. The lowest BCUT2D eigenvalue weighted by Crippen LogP contribution is -2.37. The first kappa shape index (κ1) is 29.4. The van der Waals surface area contributed by atoms with Crippen molar-refractivity contribution in [1.29, 1.82) is 0 Å². The first-order chi connectivity index (χ1) is 20.4. The van der Waals surface area contributed by atoms with Crippen LogP contribution in [0.2, 0.25) is 0 Å². The lowest BCUT2D eigenvalue weighted by molar-refractivity contribution is -0.122. The molecule has 5 rings (SSSR count). The van der Waals surface area contributed by atoms with Crippen LogP contribution >= 0.6 is 0 Å². The van der Waals surface area contributed by atoms with Crippen molar-refractivity contribution in [3.05, 3.63) is 99.7 Å². The summed E-state index contributed by atoms with van der Waals surface area (Å²) in [6.45, 7) is 9.55. The number of nitrogens with one attached hydrogen (secondary N) is 3. The summed E-state index contributed by atoms with van der Waals surface area (Å²) in [6, 6.07) is 20.5. The highest BCUT2D eigenvalue weighted by atomic mass is 16.5. The molecule has 1 aliphatic heterocycles. The third kappa shape index (κ3) is 7.59. The predicted molar refractivity (Wildman–Crippen MR) is 167 cm³/mol. The Hall–Kier alpha value is -4.10. The molecule has 0 unspecified atom stereocenters. The van der Waals surface area contributed by atoms with E-state index in [1.807, 2.05) is 30.3 Å². The molecule has 0 aliphatic carbocycles. The number of aromatic nitrogens is 1. The smallest absolute Gasteiger partial charge is 0.234 e. The molecule has 4 aromatic rings. The van der Waals surface area contributed by atoms with Crippen molar-refractivity contribution < 1.29 is 14.3 Å². The van der Waals surface area contributed by atoms with Crippen molar-refractivity contribution in [3.8, 4) is 5.75 Å². The van der Waals surface area contributed by atoms with Crippen molar-refractivity contribution in [2.75, 3.05) is 19.7 Å². The number of aryl methyl sites for hydroxylation is 3. The number of ether oxygens (including phenoxy) is 1. The Balaban J connectivity index is 1.32. The summed E-state index contributed by atoms with van der Waals surface area (Å²) in [7, 11) is 0. The number of hydrogen-bond acceptors (Lipinski definition) is 4. The molecule has 220 valence electrons. The number of H-pyrrole nitrogens is 1. The Morgan fingerprint density at radius 2 is 1.79 bits per heavy atom. The fraction of sp³-hybridized carbons (Fsp3) is 0.371. The number of rotatable bonds is 6. The second-order valence-corrected chi connectivity index (χ2v) is 11.5. The second kappa shape index (κ2) is 13.7. The minimum Gasteiger partial charge on any atom is -0.493 e. The molecule has 7 heteroatoms. The number of fused-ring (bicyclic) bond motifs is 2. The first-order valence-electron chi connectivity index (χ1n) is 15.0. The van der Waals surface area contributed by atoms with Gasteiger partial charge in [-0.05, 0) is 74.4 Å². The number of aromatic amines is 1. The van der Waals surface area contributed by atoms with Gasteiger partial charge in [-0.25, -0.2) is 0 Å². The molecule has 0 fully saturated rings. The van der Waals surface area contributed by atoms with E-state index >= 15 is 0 Å². The summed E-state index contributed by atoms with van der Waals surface area (Å²) in [6.07, 6.45) is 3.13. The van der Waals surface area contributed by atoms with Crippen LogP contribution in [0, 0.1) is 20.8 Å². The Morgan fingerprint density at radius 3 is 2.62 bits per heavy atom. The lowest BCUT2D eigenvalue weighted by Gasteiger charge is -2.23. The van der Waals surface area contributed by atoms with Crippen molar-refractivity contribution in [1.82, 2.24) is 20.5 Å². The number of carbonyl (C=O) groups is 2. The van der Waals surface area contributed by atoms with Gasteiger partial charge in [0.05, 0.1) is 25.1 Å². The zero-order chi connectivity index (χ0) is 29.5. The molecule has 1 aromatic heterocycles. The van der Waals surface area contributed by atoms with Crippen molar-refractivity contribution in [2.24, 2.45) is 0 Å². The summed E-state index contributed by atoms with van der Waals surface area (Å²) in [5.74, 6) is 0.813. The van der Waals surface area contributed by atoms with Crippen LogP contribution in [-0.4, -0.2) is 41.4 Å². The zero-order valence-electron chi connectivity index (χ0n) is 25.0. The maximum absolute atomic E-state index is 13.1. The highest BCUT2D eigenvalue weighted by Gasteiger charge is 2.17. The quantitative estimate of drug-likeness (QED) is 0.282. The van der Waals surface area contributed by atoms with Gasteiger partial charge in [0.2, 0.25) is 11.8 Å². The van der Waals surface area contributed by atoms with E-state index in [0.29, 0.717) is 39.3 Å². The van der Waals surface area contributed by atoms with Gasteiger partial charge in [0.15, 0.2) is 0 Å². The molecule has 0 saturated carbocycles. The van der Waals surface area contributed by atoms with Crippen LogP contribution in [0.4, 0.5) is 0 Å². The number of benzene rings is 3. The minimum atomic E-state index is -0.0318. The van der Waals surface area contributed by atoms with Gasteiger partial charge in [-0.15, -0.1) is 0 Å². The molecule has 0 spiro atoms. The van der Waals surface area contributed by atoms with Gasteiger partial charge in [0.1, 0.15) is 5.75 Å².